The molecule has 3 saturated heterocycles. The summed E-state index contributed by atoms with van der Waals surface area (Å²) in [5, 5.41) is 5.23. The Kier molecular flexibility index (Phi) is 4.00. The van der Waals surface area contributed by atoms with Gasteiger partial charge < -0.3 is 20.4 Å². The molecule has 3 aliphatic heterocycles. The van der Waals surface area contributed by atoms with Crippen LogP contribution in [0, 0.1) is 0 Å². The summed E-state index contributed by atoms with van der Waals surface area (Å²) in [6.07, 6.45) is 2.68. The van der Waals surface area contributed by atoms with Crippen molar-refractivity contribution in [3.63, 3.8) is 0 Å². The van der Waals surface area contributed by atoms with Crippen LogP contribution in [0.3, 0.4) is 0 Å². The molecule has 120 valence electrons. The van der Waals surface area contributed by atoms with Crippen LogP contribution in [0.25, 0.3) is 0 Å². The van der Waals surface area contributed by atoms with Crippen LogP contribution in [-0.2, 0) is 19.2 Å². The van der Waals surface area contributed by atoms with Gasteiger partial charge in [-0.15, -0.1) is 0 Å². The molecule has 0 spiro atoms. The molecule has 0 radical (unpaired) electrons. The van der Waals surface area contributed by atoms with E-state index in [0.717, 1.165) is 12.8 Å². The molecule has 2 N–H and O–H groups in total. The largest absolute Gasteiger partial charge is 0.345 e. The molecule has 3 aliphatic rings. The average molecular weight is 308 g/mol. The lowest BCUT2D eigenvalue weighted by Gasteiger charge is -2.28. The van der Waals surface area contributed by atoms with Crippen molar-refractivity contribution in [2.24, 2.45) is 0 Å². The van der Waals surface area contributed by atoms with Crippen LogP contribution in [0.1, 0.15) is 25.7 Å². The number of hydrogen-bond acceptors (Lipinski definition) is 4. The molecular formula is C14H20N4O4. The number of carbonyl (C=O) groups is 4. The van der Waals surface area contributed by atoms with E-state index < -0.39 is 12.1 Å². The monoisotopic (exact) mass is 308 g/mol. The molecule has 0 aromatic heterocycles. The normalized spacial score (nSPS) is 30.2. The fourth-order valence-corrected chi connectivity index (χ4v) is 3.44. The summed E-state index contributed by atoms with van der Waals surface area (Å²) in [4.78, 5) is 51.8. The Hall–Kier alpha value is -2.12. The van der Waals surface area contributed by atoms with Gasteiger partial charge in [0.15, 0.2) is 0 Å². The molecule has 0 saturated carbocycles. The zero-order valence-corrected chi connectivity index (χ0v) is 12.3. The Bertz CT molecular complexity index is 431. The number of carbonyl (C=O) groups excluding carboxylic acids is 4. The van der Waals surface area contributed by atoms with Gasteiger partial charge >= 0.3 is 0 Å². The van der Waals surface area contributed by atoms with Gasteiger partial charge in [-0.05, 0) is 25.7 Å². The molecule has 3 rings (SSSR count). The zero-order valence-electron chi connectivity index (χ0n) is 12.3. The number of rotatable bonds is 0. The quantitative estimate of drug-likeness (QED) is 0.552. The van der Waals surface area contributed by atoms with Gasteiger partial charge in [-0.3, -0.25) is 19.2 Å². The predicted octanol–water partition coefficient (Wildman–Crippen LogP) is -1.79. The van der Waals surface area contributed by atoms with E-state index in [4.69, 9.17) is 0 Å². The van der Waals surface area contributed by atoms with E-state index >= 15 is 0 Å². The van der Waals surface area contributed by atoms with Crippen LogP contribution in [0.5, 0.6) is 0 Å². The van der Waals surface area contributed by atoms with Crippen molar-refractivity contribution in [3.05, 3.63) is 0 Å². The first-order valence-corrected chi connectivity index (χ1v) is 7.72. The highest BCUT2D eigenvalue weighted by molar-refractivity contribution is 5.95. The van der Waals surface area contributed by atoms with E-state index in [2.05, 4.69) is 10.6 Å². The molecule has 22 heavy (non-hydrogen) atoms. The maximum Gasteiger partial charge on any atom is 0.243 e. The Morgan fingerprint density at radius 1 is 0.727 bits per heavy atom. The third kappa shape index (κ3) is 2.65. The van der Waals surface area contributed by atoms with Crippen molar-refractivity contribution in [1.82, 2.24) is 20.4 Å². The van der Waals surface area contributed by atoms with E-state index in [1.807, 2.05) is 0 Å². The van der Waals surface area contributed by atoms with Crippen LogP contribution in [0.15, 0.2) is 0 Å². The van der Waals surface area contributed by atoms with Crippen molar-refractivity contribution in [1.29, 1.82) is 0 Å². The van der Waals surface area contributed by atoms with E-state index in [1.54, 1.807) is 0 Å². The van der Waals surface area contributed by atoms with Gasteiger partial charge in [-0.1, -0.05) is 0 Å². The summed E-state index contributed by atoms with van der Waals surface area (Å²) in [6.45, 7) is 0.773. The number of fused-ring (bicyclic) bond motifs is 2. The number of nitrogens with zero attached hydrogens (tertiary/aromatic N) is 2. The minimum Gasteiger partial charge on any atom is -0.345 e. The number of nitrogens with one attached hydrogen (secondary N) is 2. The molecule has 0 bridgehead atoms. The van der Waals surface area contributed by atoms with Gasteiger partial charge in [-0.2, -0.15) is 0 Å². The SMILES string of the molecule is O=C1NCC(=O)N2CCC[C@H]2C(=O)NCC(=O)N2CCC[C@H]12. The predicted molar refractivity (Wildman–Crippen MR) is 75.5 cm³/mol. The minimum absolute atomic E-state index is 0.124. The van der Waals surface area contributed by atoms with E-state index in [0.29, 0.717) is 25.9 Å². The van der Waals surface area contributed by atoms with Crippen molar-refractivity contribution in [2.75, 3.05) is 26.2 Å². The van der Waals surface area contributed by atoms with Crippen LogP contribution in [0.4, 0.5) is 0 Å². The molecule has 0 unspecified atom stereocenters. The second kappa shape index (κ2) is 5.94. The molecule has 0 aromatic rings. The fraction of sp³-hybridized carbons (Fsp3) is 0.714. The highest BCUT2D eigenvalue weighted by atomic mass is 16.2. The van der Waals surface area contributed by atoms with Crippen LogP contribution in [0.2, 0.25) is 0 Å². The van der Waals surface area contributed by atoms with Gasteiger partial charge in [0, 0.05) is 13.1 Å². The lowest BCUT2D eigenvalue weighted by atomic mass is 10.2. The maximum atomic E-state index is 12.2. The Morgan fingerprint density at radius 3 is 1.55 bits per heavy atom. The van der Waals surface area contributed by atoms with E-state index in [9.17, 15) is 19.2 Å². The van der Waals surface area contributed by atoms with Crippen molar-refractivity contribution >= 4 is 23.6 Å². The smallest absolute Gasteiger partial charge is 0.243 e. The lowest BCUT2D eigenvalue weighted by Crippen LogP contribution is -2.55. The molecule has 0 aliphatic carbocycles. The average Bonchev–Trinajstić information content (AvgIpc) is 3.16. The van der Waals surface area contributed by atoms with E-state index in [1.165, 1.54) is 9.80 Å². The first-order chi connectivity index (χ1) is 10.6. The summed E-state index contributed by atoms with van der Waals surface area (Å²) in [5.41, 5.74) is 0. The van der Waals surface area contributed by atoms with E-state index in [-0.39, 0.29) is 36.7 Å². The van der Waals surface area contributed by atoms with Crippen molar-refractivity contribution in [3.8, 4) is 0 Å². The van der Waals surface area contributed by atoms with Crippen molar-refractivity contribution < 1.29 is 19.2 Å². The molecule has 4 amide bonds. The highest BCUT2D eigenvalue weighted by Crippen LogP contribution is 2.20. The second-order valence-electron chi connectivity index (χ2n) is 5.93. The first-order valence-electron chi connectivity index (χ1n) is 7.72. The summed E-state index contributed by atoms with van der Waals surface area (Å²) < 4.78 is 0. The van der Waals surface area contributed by atoms with Crippen LogP contribution < -0.4 is 10.6 Å². The summed E-state index contributed by atoms with van der Waals surface area (Å²) >= 11 is 0. The first kappa shape index (κ1) is 14.8. The lowest BCUT2D eigenvalue weighted by molar-refractivity contribution is -0.143. The van der Waals surface area contributed by atoms with Gasteiger partial charge in [-0.25, -0.2) is 0 Å². The molecule has 8 nitrogen and oxygen atoms in total. The Morgan fingerprint density at radius 2 is 1.14 bits per heavy atom. The third-order valence-corrected chi connectivity index (χ3v) is 4.58. The van der Waals surface area contributed by atoms with Gasteiger partial charge in [0.1, 0.15) is 12.1 Å². The van der Waals surface area contributed by atoms with Gasteiger partial charge in [0.05, 0.1) is 13.1 Å². The van der Waals surface area contributed by atoms with Crippen LogP contribution >= 0.6 is 0 Å². The standard InChI is InChI=1S/C14H20N4O4/c19-11-7-16-14(22)10-4-2-6-18(10)12(20)8-15-13(21)9-3-1-5-17(9)11/h9-10H,1-8H2,(H,15,21)(H,16,22)/t9-,10+. The third-order valence-electron chi connectivity index (χ3n) is 4.58. The van der Waals surface area contributed by atoms with Crippen molar-refractivity contribution in [2.45, 2.75) is 37.8 Å². The molecule has 8 heteroatoms. The number of hydrogen-bond donors (Lipinski definition) is 2. The minimum atomic E-state index is -0.536. The fourth-order valence-electron chi connectivity index (χ4n) is 3.44. The number of amides is 4. The summed E-state index contributed by atoms with van der Waals surface area (Å²) in [5.74, 6) is -1.08. The van der Waals surface area contributed by atoms with Gasteiger partial charge in [0.25, 0.3) is 0 Å². The van der Waals surface area contributed by atoms with Crippen LogP contribution in [-0.4, -0.2) is 71.7 Å². The molecule has 2 atom stereocenters. The zero-order chi connectivity index (χ0) is 15.7. The Labute approximate surface area is 128 Å². The molecule has 3 fully saturated rings. The maximum absolute atomic E-state index is 12.2. The highest BCUT2D eigenvalue weighted by Gasteiger charge is 2.38. The summed E-state index contributed by atoms with van der Waals surface area (Å²) in [6, 6.07) is -1.07. The second-order valence-corrected chi connectivity index (χ2v) is 5.93. The molecule has 3 heterocycles. The Balaban J connectivity index is 1.80. The van der Waals surface area contributed by atoms with Gasteiger partial charge in [0.2, 0.25) is 23.6 Å². The molecular weight excluding hydrogens is 288 g/mol. The summed E-state index contributed by atoms with van der Waals surface area (Å²) in [7, 11) is 0. The molecule has 0 aromatic carbocycles. The topological polar surface area (TPSA) is 98.8 Å².